The minimum absolute atomic E-state index is 0.203. The lowest BCUT2D eigenvalue weighted by Crippen LogP contribution is -2.22. The normalized spacial score (nSPS) is 13.3. The van der Waals surface area contributed by atoms with Gasteiger partial charge in [-0.3, -0.25) is 10.2 Å². The maximum absolute atomic E-state index is 11.0. The Morgan fingerprint density at radius 1 is 1.22 bits per heavy atom. The number of rotatable bonds is 10. The van der Waals surface area contributed by atoms with Gasteiger partial charge in [-0.2, -0.15) is 0 Å². The second kappa shape index (κ2) is 8.57. The number of hydrogen-bond donors (Lipinski definition) is 4. The van der Waals surface area contributed by atoms with Crippen molar-refractivity contribution in [2.45, 2.75) is 52.4 Å². The fraction of sp³-hybridized carbons (Fsp3) is 0.833. The van der Waals surface area contributed by atoms with Crippen LogP contribution in [0.15, 0.2) is 0 Å². The smallest absolute Gasteiger partial charge is 0.314 e. The van der Waals surface area contributed by atoms with Crippen molar-refractivity contribution < 1.29 is 19.7 Å². The molecule has 106 valence electrons. The van der Waals surface area contributed by atoms with E-state index < -0.39 is 19.6 Å². The van der Waals surface area contributed by atoms with Crippen LogP contribution in [-0.2, 0) is 4.79 Å². The van der Waals surface area contributed by atoms with E-state index in [1.165, 1.54) is 6.92 Å². The molecule has 1 unspecified atom stereocenters. The predicted octanol–water partition coefficient (Wildman–Crippen LogP) is 2.88. The van der Waals surface area contributed by atoms with Gasteiger partial charge in [-0.25, -0.2) is 9.79 Å². The zero-order chi connectivity index (χ0) is 14.2. The monoisotopic (exact) mass is 278 g/mol. The Hall–Kier alpha value is -0.510. The summed E-state index contributed by atoms with van der Waals surface area (Å²) in [6, 6.07) is 0. The zero-order valence-corrected chi connectivity index (χ0v) is 12.1. The van der Waals surface area contributed by atoms with Gasteiger partial charge in [-0.05, 0) is 6.42 Å². The summed E-state index contributed by atoms with van der Waals surface area (Å²) >= 11 is 0. The first-order chi connectivity index (χ1) is 8.31. The Balaban J connectivity index is 4.16. The van der Waals surface area contributed by atoms with E-state index >= 15 is 0 Å². The van der Waals surface area contributed by atoms with Crippen molar-refractivity contribution in [2.24, 2.45) is 5.92 Å². The molecule has 0 aromatic carbocycles. The average molecular weight is 278 g/mol. The van der Waals surface area contributed by atoms with E-state index in [0.717, 1.165) is 32.1 Å². The maximum atomic E-state index is 11.0. The first-order valence-electron chi connectivity index (χ1n) is 6.43. The summed E-state index contributed by atoms with van der Waals surface area (Å²) in [6.45, 7) is 3.43. The van der Waals surface area contributed by atoms with Gasteiger partial charge in [0.05, 0.1) is 5.92 Å². The highest BCUT2D eigenvalue weighted by molar-refractivity contribution is 7.81. The Bertz CT molecular complexity index is 281. The second-order valence-electron chi connectivity index (χ2n) is 4.74. The second-order valence-corrected chi connectivity index (χ2v) is 7.23. The molecule has 0 aromatic rings. The molecule has 18 heavy (non-hydrogen) atoms. The van der Waals surface area contributed by atoms with Crippen LogP contribution in [0, 0.1) is 11.3 Å². The lowest BCUT2D eigenvalue weighted by atomic mass is 10.0. The Morgan fingerprint density at radius 3 is 2.22 bits per heavy atom. The van der Waals surface area contributed by atoms with Gasteiger partial charge in [-0.1, -0.05) is 39.0 Å². The summed E-state index contributed by atoms with van der Waals surface area (Å²) in [4.78, 5) is 30.3. The minimum atomic E-state index is -3.48. The van der Waals surface area contributed by atoms with Gasteiger partial charge >= 0.3 is 13.7 Å². The van der Waals surface area contributed by atoms with Crippen LogP contribution in [0.25, 0.3) is 0 Å². The number of aliphatic carboxylic acids is 1. The Labute approximate surface area is 109 Å². The minimum Gasteiger partial charge on any atom is -0.481 e. The van der Waals surface area contributed by atoms with Crippen LogP contribution in [0.4, 0.5) is 0 Å². The Kier molecular flexibility index (Phi) is 8.32. The van der Waals surface area contributed by atoms with Crippen molar-refractivity contribution in [3.8, 4) is 0 Å². The molecule has 0 aliphatic heterocycles. The third-order valence-electron chi connectivity index (χ3n) is 3.02. The zero-order valence-electron chi connectivity index (χ0n) is 11.2. The molecular formula is C12H25NO4P+. The summed E-state index contributed by atoms with van der Waals surface area (Å²) < 4.78 is 0. The van der Waals surface area contributed by atoms with Crippen LogP contribution in [0.3, 0.4) is 0 Å². The van der Waals surface area contributed by atoms with Crippen molar-refractivity contribution >= 4 is 19.1 Å². The van der Waals surface area contributed by atoms with Crippen LogP contribution in [0.1, 0.15) is 52.4 Å². The fourth-order valence-corrected chi connectivity index (χ4v) is 2.96. The lowest BCUT2D eigenvalue weighted by molar-refractivity contribution is -0.141. The number of carboxylic acid groups (broad SMARTS) is 1. The van der Waals surface area contributed by atoms with Crippen molar-refractivity contribution in [3.63, 3.8) is 0 Å². The molecule has 0 aromatic heterocycles. The van der Waals surface area contributed by atoms with Gasteiger partial charge in [0.15, 0.2) is 0 Å². The molecule has 0 fully saturated rings. The highest BCUT2D eigenvalue weighted by Crippen LogP contribution is 2.52. The third-order valence-corrected chi connectivity index (χ3v) is 5.04. The van der Waals surface area contributed by atoms with E-state index in [9.17, 15) is 14.6 Å². The number of carbonyl (C=O) groups is 1. The molecule has 1 atom stereocenters. The molecule has 0 aliphatic rings. The van der Waals surface area contributed by atoms with Crippen LogP contribution in [0.5, 0.6) is 0 Å². The number of unbranched alkanes of at least 4 members (excludes halogenated alkanes) is 4. The molecule has 0 rings (SSSR count). The standard InChI is InChI=1S/C12H24NO4P/c1-3-4-5-6-7-8-11(12(14)15)9-18(16,17)10(2)13/h11,13,16-17H,3-9H2,1-2H3/p+1. The summed E-state index contributed by atoms with van der Waals surface area (Å²) in [5, 5.41) is 16.3. The molecule has 0 heterocycles. The van der Waals surface area contributed by atoms with Gasteiger partial charge in [0, 0.05) is 6.92 Å². The largest absolute Gasteiger partial charge is 0.481 e. The van der Waals surface area contributed by atoms with E-state index in [4.69, 9.17) is 10.5 Å². The van der Waals surface area contributed by atoms with Crippen LogP contribution in [-0.4, -0.2) is 32.5 Å². The van der Waals surface area contributed by atoms with E-state index in [0.29, 0.717) is 6.42 Å². The molecule has 6 heteroatoms. The molecule has 0 spiro atoms. The van der Waals surface area contributed by atoms with E-state index in [2.05, 4.69) is 6.92 Å². The Morgan fingerprint density at radius 2 is 1.78 bits per heavy atom. The lowest BCUT2D eigenvalue weighted by Gasteiger charge is -2.16. The SMILES string of the molecule is CCCCCCCC(C[P+](O)(O)C(C)=N)C(=O)O. The van der Waals surface area contributed by atoms with Crippen molar-refractivity contribution in [2.75, 3.05) is 6.16 Å². The van der Waals surface area contributed by atoms with Gasteiger partial charge in [0.25, 0.3) is 0 Å². The van der Waals surface area contributed by atoms with E-state index in [1.807, 2.05) is 0 Å². The molecule has 0 bridgehead atoms. The maximum Gasteiger partial charge on any atom is 0.314 e. The summed E-state index contributed by atoms with van der Waals surface area (Å²) in [5.41, 5.74) is -0.209. The van der Waals surface area contributed by atoms with Crippen LogP contribution >= 0.6 is 7.72 Å². The predicted molar refractivity (Wildman–Crippen MR) is 74.1 cm³/mol. The third kappa shape index (κ3) is 7.04. The first-order valence-corrected chi connectivity index (χ1v) is 8.31. The number of nitrogens with one attached hydrogen (secondary N) is 1. The van der Waals surface area contributed by atoms with Crippen LogP contribution < -0.4 is 0 Å². The highest BCUT2D eigenvalue weighted by Gasteiger charge is 2.42. The topological polar surface area (TPSA) is 102 Å². The molecule has 0 aliphatic carbocycles. The fourth-order valence-electron chi connectivity index (χ4n) is 1.73. The summed E-state index contributed by atoms with van der Waals surface area (Å²) in [7, 11) is -3.48. The van der Waals surface area contributed by atoms with Crippen molar-refractivity contribution in [1.82, 2.24) is 0 Å². The summed E-state index contributed by atoms with van der Waals surface area (Å²) in [6.07, 6.45) is 5.38. The van der Waals surface area contributed by atoms with Crippen molar-refractivity contribution in [3.05, 3.63) is 0 Å². The highest BCUT2D eigenvalue weighted by atomic mass is 31.2. The molecule has 4 N–H and O–H groups in total. The molecule has 0 radical (unpaired) electrons. The average Bonchev–Trinajstić information content (AvgIpc) is 2.26. The van der Waals surface area contributed by atoms with Gasteiger partial charge in [0.1, 0.15) is 6.16 Å². The molecule has 0 saturated carbocycles. The molecule has 0 amide bonds. The molecule has 5 nitrogen and oxygen atoms in total. The quantitative estimate of drug-likeness (QED) is 0.280. The van der Waals surface area contributed by atoms with Gasteiger partial charge in [0.2, 0.25) is 5.45 Å². The van der Waals surface area contributed by atoms with E-state index in [-0.39, 0.29) is 11.6 Å². The number of hydrogen-bond acceptors (Lipinski definition) is 4. The van der Waals surface area contributed by atoms with Gasteiger partial charge < -0.3 is 5.11 Å². The van der Waals surface area contributed by atoms with Crippen molar-refractivity contribution in [1.29, 1.82) is 5.41 Å². The number of carboxylic acids is 1. The molecule has 0 saturated heterocycles. The van der Waals surface area contributed by atoms with E-state index in [1.54, 1.807) is 0 Å². The first kappa shape index (κ1) is 17.5. The van der Waals surface area contributed by atoms with Crippen LogP contribution in [0.2, 0.25) is 0 Å². The summed E-state index contributed by atoms with van der Waals surface area (Å²) in [5.74, 6) is -1.76. The molecular weight excluding hydrogens is 253 g/mol. The van der Waals surface area contributed by atoms with Gasteiger partial charge in [-0.15, -0.1) is 0 Å².